The summed E-state index contributed by atoms with van der Waals surface area (Å²) < 4.78 is 89.6. The topological polar surface area (TPSA) is 84.8 Å². The fraction of sp³-hybridized carbons (Fsp3) is 0.594. The molecule has 2 aromatic carbocycles. The number of aliphatic imine (C=N–C) groups is 1. The number of rotatable bonds is 14. The summed E-state index contributed by atoms with van der Waals surface area (Å²) in [5.41, 5.74) is -2.09. The maximum Gasteiger partial charge on any atom is 0.475 e. The molecule has 2 aromatic rings. The van der Waals surface area contributed by atoms with Gasteiger partial charge >= 0.3 is 14.0 Å². The van der Waals surface area contributed by atoms with Crippen LogP contribution in [0.1, 0.15) is 78.0 Å². The number of para-hydroxylation sites is 1. The van der Waals surface area contributed by atoms with Crippen LogP contribution in [0, 0.1) is 0 Å². The summed E-state index contributed by atoms with van der Waals surface area (Å²) in [6, 6.07) is 11.6. The molecule has 3 rings (SSSR count). The number of alkyl halides is 3. The van der Waals surface area contributed by atoms with Gasteiger partial charge in [0.25, 0.3) is 0 Å². The first-order valence-electron chi connectivity index (χ1n) is 14.6. The Kier molecular flexibility index (Phi) is 11.6. The molecule has 1 atom stereocenters. The lowest BCUT2D eigenvalue weighted by atomic mass is 9.93. The van der Waals surface area contributed by atoms with Gasteiger partial charge < -0.3 is 14.2 Å². The van der Waals surface area contributed by atoms with Gasteiger partial charge in [-0.3, -0.25) is 13.6 Å². The predicted octanol–water partition coefficient (Wildman–Crippen LogP) is 8.60. The van der Waals surface area contributed by atoms with Crippen LogP contribution in [0.15, 0.2) is 47.5 Å². The van der Waals surface area contributed by atoms with Crippen LogP contribution >= 0.6 is 7.82 Å². The quantitative estimate of drug-likeness (QED) is 0.151. The molecule has 246 valence electrons. The molecule has 1 unspecified atom stereocenters. The van der Waals surface area contributed by atoms with E-state index >= 15 is 0 Å². The summed E-state index contributed by atoms with van der Waals surface area (Å²) in [6.45, 7) is 12.1. The van der Waals surface area contributed by atoms with Crippen molar-refractivity contribution in [2.45, 2.75) is 97.1 Å². The second kappa shape index (κ2) is 14.2. The molecule has 0 amide bonds. The highest BCUT2D eigenvalue weighted by Crippen LogP contribution is 2.56. The molecule has 0 radical (unpaired) electrons. The van der Waals surface area contributed by atoms with E-state index in [2.05, 4.69) is 4.99 Å². The molecule has 1 aliphatic rings. The molecule has 0 saturated heterocycles. The van der Waals surface area contributed by atoms with Gasteiger partial charge in [-0.1, -0.05) is 24.3 Å². The van der Waals surface area contributed by atoms with Gasteiger partial charge in [-0.2, -0.15) is 13.2 Å². The summed E-state index contributed by atoms with van der Waals surface area (Å²) in [4.78, 5) is 4.59. The van der Waals surface area contributed by atoms with Crippen LogP contribution in [0.4, 0.5) is 13.2 Å². The highest BCUT2D eigenvalue weighted by molar-refractivity contribution is 7.48. The van der Waals surface area contributed by atoms with Crippen LogP contribution in [-0.2, 0) is 41.9 Å². The summed E-state index contributed by atoms with van der Waals surface area (Å²) in [5.74, 6) is 0.913. The van der Waals surface area contributed by atoms with Crippen molar-refractivity contribution in [3.8, 4) is 11.5 Å². The first-order chi connectivity index (χ1) is 20.3. The van der Waals surface area contributed by atoms with E-state index in [4.69, 9.17) is 27.8 Å². The average molecular weight is 644 g/mol. The minimum Gasteiger partial charge on any atom is -0.496 e. The molecule has 0 spiro atoms. The third-order valence-corrected chi connectivity index (χ3v) is 8.46. The summed E-state index contributed by atoms with van der Waals surface area (Å²) in [7, 11) is -2.47. The SMILES string of the molecule is COc1ccccc1CCCOc1ccc(CCC2(COP(=O)(OC(C)(C)C)OC(C)(C)C)COC(C)=N2)cc1C(F)(F)F. The van der Waals surface area contributed by atoms with E-state index in [-0.39, 0.29) is 38.4 Å². The van der Waals surface area contributed by atoms with Gasteiger partial charge in [-0.25, -0.2) is 9.56 Å². The van der Waals surface area contributed by atoms with Crippen molar-refractivity contribution in [1.29, 1.82) is 0 Å². The van der Waals surface area contributed by atoms with Crippen LogP contribution in [-0.4, -0.2) is 49.6 Å². The van der Waals surface area contributed by atoms with Crippen LogP contribution < -0.4 is 9.47 Å². The highest BCUT2D eigenvalue weighted by Gasteiger charge is 2.43. The van der Waals surface area contributed by atoms with Crippen molar-refractivity contribution in [2.24, 2.45) is 4.99 Å². The standard InChI is InChI=1S/C32H45F3NO7P/c1-23-36-31(21-40-23,22-41-44(37,42-29(2,3)4)43-30(5,6)7)18-17-24-15-16-28(26(20-24)32(33,34)35)39-19-11-13-25-12-9-10-14-27(25)38-8/h9-10,12,14-16,20H,11,13,17-19,21-22H2,1-8H3. The van der Waals surface area contributed by atoms with E-state index in [0.717, 1.165) is 17.4 Å². The molecule has 8 nitrogen and oxygen atoms in total. The number of nitrogens with zero attached hydrogens (tertiary/aromatic N) is 1. The van der Waals surface area contributed by atoms with Gasteiger partial charge in [-0.15, -0.1) is 0 Å². The minimum atomic E-state index is -4.61. The third kappa shape index (κ3) is 11.1. The van der Waals surface area contributed by atoms with Crippen molar-refractivity contribution in [3.05, 3.63) is 59.2 Å². The van der Waals surface area contributed by atoms with E-state index in [9.17, 15) is 17.7 Å². The first kappa shape index (κ1) is 35.9. The molecule has 44 heavy (non-hydrogen) atoms. The fourth-order valence-corrected chi connectivity index (χ4v) is 6.55. The Bertz CT molecular complexity index is 1310. The van der Waals surface area contributed by atoms with Crippen molar-refractivity contribution in [1.82, 2.24) is 0 Å². The molecule has 0 bridgehead atoms. The van der Waals surface area contributed by atoms with Crippen molar-refractivity contribution >= 4 is 13.7 Å². The van der Waals surface area contributed by atoms with Crippen molar-refractivity contribution in [3.63, 3.8) is 0 Å². The van der Waals surface area contributed by atoms with E-state index in [1.54, 1.807) is 61.6 Å². The fourth-order valence-electron chi connectivity index (χ4n) is 4.66. The van der Waals surface area contributed by atoms with Crippen molar-refractivity contribution in [2.75, 3.05) is 26.9 Å². The molecule has 0 aliphatic carbocycles. The van der Waals surface area contributed by atoms with Crippen LogP contribution in [0.3, 0.4) is 0 Å². The van der Waals surface area contributed by atoms with Crippen molar-refractivity contribution < 1.29 is 45.5 Å². The van der Waals surface area contributed by atoms with Crippen LogP contribution in [0.25, 0.3) is 0 Å². The maximum absolute atomic E-state index is 14.1. The van der Waals surface area contributed by atoms with Gasteiger partial charge in [0, 0.05) is 6.92 Å². The van der Waals surface area contributed by atoms with E-state index in [1.165, 1.54) is 6.07 Å². The Morgan fingerprint density at radius 1 is 0.955 bits per heavy atom. The molecule has 1 heterocycles. The Morgan fingerprint density at radius 2 is 1.61 bits per heavy atom. The summed E-state index contributed by atoms with van der Waals surface area (Å²) in [5, 5.41) is 0. The lowest BCUT2D eigenvalue weighted by Crippen LogP contribution is -2.36. The summed E-state index contributed by atoms with van der Waals surface area (Å²) >= 11 is 0. The number of hydrogen-bond acceptors (Lipinski definition) is 8. The third-order valence-electron chi connectivity index (χ3n) is 6.48. The van der Waals surface area contributed by atoms with Gasteiger partial charge in [0.2, 0.25) is 0 Å². The zero-order chi connectivity index (χ0) is 32.8. The number of aryl methyl sites for hydroxylation is 2. The van der Waals surface area contributed by atoms with Gasteiger partial charge in [0.1, 0.15) is 23.6 Å². The Hall–Kier alpha value is -2.59. The maximum atomic E-state index is 14.1. The monoisotopic (exact) mass is 643 g/mol. The van der Waals surface area contributed by atoms with E-state index in [0.29, 0.717) is 24.3 Å². The number of benzene rings is 2. The number of phosphoric acid groups is 1. The first-order valence-corrected chi connectivity index (χ1v) is 16.1. The largest absolute Gasteiger partial charge is 0.496 e. The molecule has 0 N–H and O–H groups in total. The smallest absolute Gasteiger partial charge is 0.475 e. The average Bonchev–Trinajstić information content (AvgIpc) is 3.27. The highest BCUT2D eigenvalue weighted by atomic mass is 31.2. The molecule has 0 saturated carbocycles. The lowest BCUT2D eigenvalue weighted by molar-refractivity contribution is -0.139. The summed E-state index contributed by atoms with van der Waals surface area (Å²) in [6.07, 6.45) is -3.00. The molecular formula is C32H45F3NO7P. The van der Waals surface area contributed by atoms with Gasteiger partial charge in [-0.05, 0) is 96.6 Å². The second-order valence-corrected chi connectivity index (χ2v) is 14.4. The number of ether oxygens (including phenoxy) is 3. The number of phosphoric ester groups is 1. The van der Waals surface area contributed by atoms with E-state index < -0.39 is 36.3 Å². The normalized spacial score (nSPS) is 17.8. The Morgan fingerprint density at radius 3 is 2.18 bits per heavy atom. The zero-order valence-electron chi connectivity index (χ0n) is 26.9. The van der Waals surface area contributed by atoms with Gasteiger partial charge in [0.15, 0.2) is 5.90 Å². The predicted molar refractivity (Wildman–Crippen MR) is 164 cm³/mol. The number of methoxy groups -OCH3 is 1. The van der Waals surface area contributed by atoms with E-state index in [1.807, 2.05) is 24.3 Å². The Balaban J connectivity index is 1.72. The van der Waals surface area contributed by atoms with Crippen LogP contribution in [0.5, 0.6) is 11.5 Å². The molecule has 0 fully saturated rings. The molecule has 1 aliphatic heterocycles. The number of halogens is 3. The molecular weight excluding hydrogens is 598 g/mol. The zero-order valence-corrected chi connectivity index (χ0v) is 27.8. The Labute approximate surface area is 258 Å². The van der Waals surface area contributed by atoms with Gasteiger partial charge in [0.05, 0.1) is 37.1 Å². The number of hydrogen-bond donors (Lipinski definition) is 0. The molecule has 0 aromatic heterocycles. The molecule has 12 heteroatoms. The second-order valence-electron chi connectivity index (χ2n) is 12.9. The minimum absolute atomic E-state index is 0.111. The lowest BCUT2D eigenvalue weighted by Gasteiger charge is -2.33. The van der Waals surface area contributed by atoms with Crippen LogP contribution in [0.2, 0.25) is 0 Å².